The summed E-state index contributed by atoms with van der Waals surface area (Å²) in [5.74, 6) is -0.368. The van der Waals surface area contributed by atoms with E-state index in [1.807, 2.05) is 22.6 Å². The van der Waals surface area contributed by atoms with Gasteiger partial charge in [-0.3, -0.25) is 0 Å². The number of halogens is 4. The molecule has 3 nitrogen and oxygen atoms in total. The van der Waals surface area contributed by atoms with Crippen LogP contribution < -0.4 is 15.8 Å². The zero-order chi connectivity index (χ0) is 12.3. The van der Waals surface area contributed by atoms with Crippen LogP contribution in [0, 0.1) is 3.57 Å². The first-order valence-corrected chi connectivity index (χ1v) is 5.38. The Bertz CT molecular complexity index is 411. The monoisotopic (exact) mass is 362 g/mol. The summed E-state index contributed by atoms with van der Waals surface area (Å²) in [5.41, 5.74) is 5.25. The first-order chi connectivity index (χ1) is 7.28. The zero-order valence-corrected chi connectivity index (χ0v) is 10.6. The maximum Gasteiger partial charge on any atom is 0.573 e. The zero-order valence-electron chi connectivity index (χ0n) is 7.64. The lowest BCUT2D eigenvalue weighted by molar-refractivity contribution is -0.274. The van der Waals surface area contributed by atoms with Gasteiger partial charge in [0.05, 0.1) is 5.69 Å². The first-order valence-electron chi connectivity index (χ1n) is 3.90. The average molecular weight is 362 g/mol. The highest BCUT2D eigenvalue weighted by atomic mass is 127. The maximum absolute atomic E-state index is 12.1. The molecule has 0 amide bonds. The summed E-state index contributed by atoms with van der Waals surface area (Å²) in [6.45, 7) is 0. The molecule has 0 radical (unpaired) electrons. The predicted octanol–water partition coefficient (Wildman–Crippen LogP) is 2.85. The predicted molar refractivity (Wildman–Crippen MR) is 66.3 cm³/mol. The van der Waals surface area contributed by atoms with Crippen LogP contribution in [-0.2, 0) is 0 Å². The van der Waals surface area contributed by atoms with Crippen molar-refractivity contribution in [3.05, 3.63) is 21.8 Å². The minimum atomic E-state index is -4.75. The van der Waals surface area contributed by atoms with E-state index in [1.54, 1.807) is 6.07 Å². The third-order valence-electron chi connectivity index (χ3n) is 1.43. The molecule has 3 N–H and O–H groups in total. The van der Waals surface area contributed by atoms with Crippen LogP contribution >= 0.6 is 34.8 Å². The molecule has 16 heavy (non-hydrogen) atoms. The molecule has 0 saturated carbocycles. The topological polar surface area (TPSA) is 47.3 Å². The summed E-state index contributed by atoms with van der Waals surface area (Å²) in [6.07, 6.45) is -4.75. The van der Waals surface area contributed by atoms with Gasteiger partial charge in [-0.15, -0.1) is 13.2 Å². The SMILES string of the molecule is NC(=S)Nc1ccc(I)cc1OC(F)(F)F. The number of anilines is 1. The average Bonchev–Trinajstić information content (AvgIpc) is 2.06. The van der Waals surface area contributed by atoms with Crippen molar-refractivity contribution in [1.82, 2.24) is 0 Å². The van der Waals surface area contributed by atoms with Gasteiger partial charge in [0.2, 0.25) is 0 Å². The highest BCUT2D eigenvalue weighted by Crippen LogP contribution is 2.31. The summed E-state index contributed by atoms with van der Waals surface area (Å²) >= 11 is 6.41. The molecule has 1 aromatic carbocycles. The number of benzene rings is 1. The number of ether oxygens (including phenoxy) is 1. The van der Waals surface area contributed by atoms with Crippen molar-refractivity contribution in [3.8, 4) is 5.75 Å². The largest absolute Gasteiger partial charge is 0.573 e. The summed E-state index contributed by atoms with van der Waals surface area (Å²) in [5, 5.41) is 2.27. The van der Waals surface area contributed by atoms with Crippen LogP contribution in [0.2, 0.25) is 0 Å². The van der Waals surface area contributed by atoms with E-state index in [0.717, 1.165) is 0 Å². The van der Waals surface area contributed by atoms with Crippen LogP contribution in [0.5, 0.6) is 5.75 Å². The fraction of sp³-hybridized carbons (Fsp3) is 0.125. The van der Waals surface area contributed by atoms with E-state index >= 15 is 0 Å². The second kappa shape index (κ2) is 5.04. The summed E-state index contributed by atoms with van der Waals surface area (Å²) < 4.78 is 40.7. The Morgan fingerprint density at radius 2 is 2.06 bits per heavy atom. The second-order valence-electron chi connectivity index (χ2n) is 2.68. The van der Waals surface area contributed by atoms with Gasteiger partial charge in [0, 0.05) is 3.57 Å². The lowest BCUT2D eigenvalue weighted by atomic mass is 10.3. The van der Waals surface area contributed by atoms with E-state index in [0.29, 0.717) is 3.57 Å². The molecule has 0 saturated heterocycles. The van der Waals surface area contributed by atoms with E-state index in [9.17, 15) is 13.2 Å². The van der Waals surface area contributed by atoms with E-state index in [2.05, 4.69) is 22.3 Å². The van der Waals surface area contributed by atoms with Crippen LogP contribution in [0.4, 0.5) is 18.9 Å². The van der Waals surface area contributed by atoms with Gasteiger partial charge in [0.25, 0.3) is 0 Å². The van der Waals surface area contributed by atoms with Crippen molar-refractivity contribution in [2.75, 3.05) is 5.32 Å². The quantitative estimate of drug-likeness (QED) is 0.628. The minimum Gasteiger partial charge on any atom is -0.404 e. The summed E-state index contributed by atoms with van der Waals surface area (Å²) in [6, 6.07) is 4.24. The molecule has 0 bridgehead atoms. The van der Waals surface area contributed by atoms with E-state index in [-0.39, 0.29) is 16.5 Å². The van der Waals surface area contributed by atoms with E-state index < -0.39 is 6.36 Å². The van der Waals surface area contributed by atoms with Gasteiger partial charge in [-0.25, -0.2) is 0 Å². The van der Waals surface area contributed by atoms with Crippen molar-refractivity contribution >= 4 is 45.6 Å². The van der Waals surface area contributed by atoms with Crippen LogP contribution in [-0.4, -0.2) is 11.5 Å². The van der Waals surface area contributed by atoms with Gasteiger partial charge in [-0.1, -0.05) is 0 Å². The van der Waals surface area contributed by atoms with E-state index in [1.165, 1.54) is 12.1 Å². The number of hydrogen-bond donors (Lipinski definition) is 2. The standard InChI is InChI=1S/C8H6F3IN2OS/c9-8(10,11)15-6-3-4(12)1-2-5(6)14-7(13)16/h1-3H,(H3,13,14,16). The molecule has 0 heterocycles. The molecule has 0 aliphatic carbocycles. The second-order valence-corrected chi connectivity index (χ2v) is 4.36. The van der Waals surface area contributed by atoms with Crippen molar-refractivity contribution < 1.29 is 17.9 Å². The Morgan fingerprint density at radius 1 is 1.44 bits per heavy atom. The molecule has 0 unspecified atom stereocenters. The van der Waals surface area contributed by atoms with Gasteiger partial charge in [-0.05, 0) is 53.0 Å². The van der Waals surface area contributed by atoms with Crippen LogP contribution in [0.15, 0.2) is 18.2 Å². The van der Waals surface area contributed by atoms with Crippen molar-refractivity contribution in [3.63, 3.8) is 0 Å². The smallest absolute Gasteiger partial charge is 0.404 e. The number of hydrogen-bond acceptors (Lipinski definition) is 2. The summed E-state index contributed by atoms with van der Waals surface area (Å²) in [4.78, 5) is 0. The first kappa shape index (κ1) is 13.3. The number of nitrogens with two attached hydrogens (primary N) is 1. The van der Waals surface area contributed by atoms with Gasteiger partial charge >= 0.3 is 6.36 Å². The third kappa shape index (κ3) is 4.39. The molecule has 0 spiro atoms. The van der Waals surface area contributed by atoms with Gasteiger partial charge in [0.15, 0.2) is 10.9 Å². The molecule has 0 aliphatic rings. The number of rotatable bonds is 2. The number of alkyl halides is 3. The summed E-state index contributed by atoms with van der Waals surface area (Å²) in [7, 11) is 0. The molecular weight excluding hydrogens is 356 g/mol. The molecule has 1 aromatic rings. The van der Waals surface area contributed by atoms with Gasteiger partial charge in [-0.2, -0.15) is 0 Å². The fourth-order valence-corrected chi connectivity index (χ4v) is 1.51. The van der Waals surface area contributed by atoms with Gasteiger partial charge < -0.3 is 15.8 Å². The van der Waals surface area contributed by atoms with Crippen molar-refractivity contribution in [2.24, 2.45) is 5.73 Å². The Balaban J connectivity index is 3.03. The molecule has 88 valence electrons. The number of nitrogens with one attached hydrogen (secondary N) is 1. The van der Waals surface area contributed by atoms with Crippen LogP contribution in [0.25, 0.3) is 0 Å². The normalized spacial score (nSPS) is 11.0. The Hall–Kier alpha value is -0.770. The highest BCUT2D eigenvalue weighted by Gasteiger charge is 2.32. The van der Waals surface area contributed by atoms with Crippen LogP contribution in [0.1, 0.15) is 0 Å². The fourth-order valence-electron chi connectivity index (χ4n) is 0.941. The lowest BCUT2D eigenvalue weighted by Gasteiger charge is -2.14. The maximum atomic E-state index is 12.1. The molecule has 8 heteroatoms. The number of thiocarbonyl (C=S) groups is 1. The minimum absolute atomic E-state index is 0.0743. The Labute approximate surface area is 108 Å². The Morgan fingerprint density at radius 3 is 2.56 bits per heavy atom. The van der Waals surface area contributed by atoms with Crippen molar-refractivity contribution in [1.29, 1.82) is 0 Å². The molecule has 0 fully saturated rings. The molecule has 0 atom stereocenters. The molecule has 0 aliphatic heterocycles. The molecule has 0 aromatic heterocycles. The van der Waals surface area contributed by atoms with Crippen molar-refractivity contribution in [2.45, 2.75) is 6.36 Å². The third-order valence-corrected chi connectivity index (χ3v) is 2.20. The van der Waals surface area contributed by atoms with Crippen LogP contribution in [0.3, 0.4) is 0 Å². The Kier molecular flexibility index (Phi) is 4.19. The highest BCUT2D eigenvalue weighted by molar-refractivity contribution is 14.1. The van der Waals surface area contributed by atoms with Gasteiger partial charge in [0.1, 0.15) is 0 Å². The lowest BCUT2D eigenvalue weighted by Crippen LogP contribution is -2.22. The van der Waals surface area contributed by atoms with E-state index in [4.69, 9.17) is 5.73 Å². The molecule has 1 rings (SSSR count). The molecular formula is C8H6F3IN2OS.